The fourth-order valence-electron chi connectivity index (χ4n) is 3.31. The van der Waals surface area contributed by atoms with Gasteiger partial charge in [-0.3, -0.25) is 0 Å². The van der Waals surface area contributed by atoms with Crippen molar-refractivity contribution in [1.29, 1.82) is 5.26 Å². The molecule has 1 fully saturated rings. The minimum atomic E-state index is -3.70. The second-order valence-corrected chi connectivity index (χ2v) is 8.38. The summed E-state index contributed by atoms with van der Waals surface area (Å²) in [7, 11) is -3.70. The van der Waals surface area contributed by atoms with Crippen LogP contribution >= 0.6 is 12.4 Å². The molecule has 0 spiro atoms. The van der Waals surface area contributed by atoms with Gasteiger partial charge >= 0.3 is 0 Å². The second-order valence-electron chi connectivity index (χ2n) is 6.52. The summed E-state index contributed by atoms with van der Waals surface area (Å²) < 4.78 is 28.3. The van der Waals surface area contributed by atoms with Crippen LogP contribution in [0.3, 0.4) is 0 Å². The van der Waals surface area contributed by atoms with E-state index in [9.17, 15) is 8.42 Å². The number of hydrogen-bond acceptors (Lipinski definition) is 4. The van der Waals surface area contributed by atoms with Crippen LogP contribution < -0.4 is 5.32 Å². The highest BCUT2D eigenvalue weighted by Crippen LogP contribution is 2.30. The van der Waals surface area contributed by atoms with Crippen LogP contribution in [0.15, 0.2) is 47.4 Å². The first-order valence-electron chi connectivity index (χ1n) is 8.79. The summed E-state index contributed by atoms with van der Waals surface area (Å²) in [5.41, 5.74) is 3.22. The first kappa shape index (κ1) is 21.4. The molecule has 0 radical (unpaired) electrons. The maximum absolute atomic E-state index is 13.4. The number of nitriles is 1. The van der Waals surface area contributed by atoms with E-state index >= 15 is 0 Å². The predicted octanol–water partition coefficient (Wildman–Crippen LogP) is 3.19. The monoisotopic (exact) mass is 405 g/mol. The fraction of sp³-hybridized carbons (Fsp3) is 0.350. The lowest BCUT2D eigenvalue weighted by Gasteiger charge is -2.36. The molecule has 1 aliphatic heterocycles. The molecule has 0 bridgehead atoms. The van der Waals surface area contributed by atoms with Gasteiger partial charge in [0.2, 0.25) is 10.0 Å². The molecular formula is C20H24ClN3O2S. The van der Waals surface area contributed by atoms with Crippen LogP contribution in [-0.2, 0) is 16.4 Å². The standard InChI is InChI=1S/C20H23N3O2S.ClH/c1-3-16-6-8-18(9-7-16)19-14-22-10-11-23(19)26(24,25)20-12-17(13-21)5-4-15(20)2;/h4-9,12,19,22H,3,10-11,14H2,1-2H3;1H. The van der Waals surface area contributed by atoms with Crippen molar-refractivity contribution in [3.8, 4) is 6.07 Å². The van der Waals surface area contributed by atoms with E-state index in [1.165, 1.54) is 11.6 Å². The van der Waals surface area contributed by atoms with Gasteiger partial charge in [0.1, 0.15) is 0 Å². The zero-order valence-corrected chi connectivity index (χ0v) is 17.1. The number of benzene rings is 2. The number of nitrogens with one attached hydrogen (secondary N) is 1. The Labute approximate surface area is 167 Å². The van der Waals surface area contributed by atoms with Crippen molar-refractivity contribution in [2.45, 2.75) is 31.2 Å². The first-order chi connectivity index (χ1) is 12.5. The number of halogens is 1. The summed E-state index contributed by atoms with van der Waals surface area (Å²) in [5, 5.41) is 12.4. The molecular weight excluding hydrogens is 382 g/mol. The summed E-state index contributed by atoms with van der Waals surface area (Å²) >= 11 is 0. The van der Waals surface area contributed by atoms with Gasteiger partial charge in [0.25, 0.3) is 0 Å². The van der Waals surface area contributed by atoms with Gasteiger partial charge in [0.05, 0.1) is 22.6 Å². The molecule has 0 aromatic heterocycles. The highest BCUT2D eigenvalue weighted by Gasteiger charge is 2.35. The summed E-state index contributed by atoms with van der Waals surface area (Å²) in [6.07, 6.45) is 0.950. The first-order valence-corrected chi connectivity index (χ1v) is 10.2. The van der Waals surface area contributed by atoms with Crippen LogP contribution in [0.4, 0.5) is 0 Å². The molecule has 1 aliphatic rings. The highest BCUT2D eigenvalue weighted by molar-refractivity contribution is 7.89. The van der Waals surface area contributed by atoms with Crippen molar-refractivity contribution in [1.82, 2.24) is 9.62 Å². The van der Waals surface area contributed by atoms with Crippen LogP contribution in [0.25, 0.3) is 0 Å². The van der Waals surface area contributed by atoms with Gasteiger partial charge < -0.3 is 5.32 Å². The molecule has 144 valence electrons. The van der Waals surface area contributed by atoms with Crippen LogP contribution in [0, 0.1) is 18.3 Å². The Morgan fingerprint density at radius 3 is 2.56 bits per heavy atom. The average molecular weight is 406 g/mol. The number of hydrogen-bond donors (Lipinski definition) is 1. The van der Waals surface area contributed by atoms with Crippen molar-refractivity contribution in [3.05, 3.63) is 64.7 Å². The molecule has 3 rings (SSSR count). The molecule has 1 N–H and O–H groups in total. The fourth-order valence-corrected chi connectivity index (χ4v) is 5.17. The lowest BCUT2D eigenvalue weighted by atomic mass is 10.0. The molecule has 0 amide bonds. The van der Waals surface area contributed by atoms with E-state index in [4.69, 9.17) is 5.26 Å². The Kier molecular flexibility index (Phi) is 7.01. The lowest BCUT2D eigenvalue weighted by molar-refractivity contribution is 0.271. The van der Waals surface area contributed by atoms with E-state index in [2.05, 4.69) is 24.4 Å². The molecule has 7 heteroatoms. The lowest BCUT2D eigenvalue weighted by Crippen LogP contribution is -2.48. The highest BCUT2D eigenvalue weighted by atomic mass is 35.5. The maximum atomic E-state index is 13.4. The van der Waals surface area contributed by atoms with Gasteiger partial charge in [0.15, 0.2) is 0 Å². The summed E-state index contributed by atoms with van der Waals surface area (Å²) in [6.45, 7) is 5.44. The van der Waals surface area contributed by atoms with E-state index < -0.39 is 10.0 Å². The summed E-state index contributed by atoms with van der Waals surface area (Å²) in [6, 6.07) is 14.7. The molecule has 2 aromatic rings. The minimum Gasteiger partial charge on any atom is -0.313 e. The largest absolute Gasteiger partial charge is 0.313 e. The van der Waals surface area contributed by atoms with Crippen molar-refractivity contribution < 1.29 is 8.42 Å². The van der Waals surface area contributed by atoms with Crippen molar-refractivity contribution in [3.63, 3.8) is 0 Å². The van der Waals surface area contributed by atoms with E-state index in [0.717, 1.165) is 12.0 Å². The number of piperazine rings is 1. The molecule has 27 heavy (non-hydrogen) atoms. The van der Waals surface area contributed by atoms with E-state index in [-0.39, 0.29) is 23.3 Å². The number of aryl methyl sites for hydroxylation is 2. The van der Waals surface area contributed by atoms with E-state index in [1.807, 2.05) is 18.2 Å². The Hall–Kier alpha value is -1.91. The number of nitrogens with zero attached hydrogens (tertiary/aromatic N) is 2. The van der Waals surface area contributed by atoms with Crippen LogP contribution in [0.1, 0.15) is 35.2 Å². The predicted molar refractivity (Wildman–Crippen MR) is 108 cm³/mol. The molecule has 1 saturated heterocycles. The molecule has 1 unspecified atom stereocenters. The number of sulfonamides is 1. The summed E-state index contributed by atoms with van der Waals surface area (Å²) in [4.78, 5) is 0.216. The van der Waals surface area contributed by atoms with Crippen LogP contribution in [-0.4, -0.2) is 32.4 Å². The normalized spacial score (nSPS) is 17.7. The third kappa shape index (κ3) is 4.33. The quantitative estimate of drug-likeness (QED) is 0.847. The van der Waals surface area contributed by atoms with Crippen molar-refractivity contribution in [2.75, 3.05) is 19.6 Å². The zero-order valence-electron chi connectivity index (χ0n) is 15.5. The van der Waals surface area contributed by atoms with Crippen LogP contribution in [0.5, 0.6) is 0 Å². The zero-order chi connectivity index (χ0) is 18.7. The van der Waals surface area contributed by atoms with Gasteiger partial charge in [-0.25, -0.2) is 8.42 Å². The van der Waals surface area contributed by atoms with Crippen molar-refractivity contribution >= 4 is 22.4 Å². The maximum Gasteiger partial charge on any atom is 0.244 e. The third-order valence-corrected chi connectivity index (χ3v) is 6.92. The molecule has 5 nitrogen and oxygen atoms in total. The van der Waals surface area contributed by atoms with Crippen LogP contribution in [0.2, 0.25) is 0 Å². The smallest absolute Gasteiger partial charge is 0.244 e. The molecule has 2 aromatic carbocycles. The Bertz CT molecular complexity index is 937. The van der Waals surface area contributed by atoms with Gasteiger partial charge in [-0.2, -0.15) is 9.57 Å². The number of rotatable bonds is 4. The van der Waals surface area contributed by atoms with Gasteiger partial charge in [-0.1, -0.05) is 37.3 Å². The molecule has 0 aliphatic carbocycles. The Morgan fingerprint density at radius 1 is 1.22 bits per heavy atom. The SMILES string of the molecule is CCc1ccc(C2CNCCN2S(=O)(=O)c2cc(C#N)ccc2C)cc1.Cl. The summed E-state index contributed by atoms with van der Waals surface area (Å²) in [5.74, 6) is 0. The molecule has 1 heterocycles. The third-order valence-electron chi connectivity index (χ3n) is 4.87. The van der Waals surface area contributed by atoms with Gasteiger partial charge in [0, 0.05) is 19.6 Å². The van der Waals surface area contributed by atoms with Crippen molar-refractivity contribution in [2.24, 2.45) is 0 Å². The molecule has 1 atom stereocenters. The minimum absolute atomic E-state index is 0. The Balaban J connectivity index is 0.00000261. The second kappa shape index (κ2) is 8.85. The van der Waals surface area contributed by atoms with E-state index in [1.54, 1.807) is 23.4 Å². The van der Waals surface area contributed by atoms with E-state index in [0.29, 0.717) is 30.8 Å². The average Bonchev–Trinajstić information content (AvgIpc) is 2.68. The topological polar surface area (TPSA) is 73.2 Å². The Morgan fingerprint density at radius 2 is 1.93 bits per heavy atom. The molecule has 0 saturated carbocycles. The van der Waals surface area contributed by atoms with Gasteiger partial charge in [-0.15, -0.1) is 12.4 Å². The van der Waals surface area contributed by atoms with Gasteiger partial charge in [-0.05, 0) is 42.2 Å².